The van der Waals surface area contributed by atoms with E-state index in [0.29, 0.717) is 0 Å². The van der Waals surface area contributed by atoms with Crippen LogP contribution in [0.2, 0.25) is 0 Å². The van der Waals surface area contributed by atoms with E-state index in [0.717, 1.165) is 30.0 Å². The SMILES string of the molecule is Nc1ccccc1CNc1ccc2c(n1)CCC2. The molecule has 3 nitrogen and oxygen atoms in total. The molecule has 1 aromatic heterocycles. The molecule has 0 saturated carbocycles. The van der Waals surface area contributed by atoms with E-state index in [4.69, 9.17) is 5.73 Å². The van der Waals surface area contributed by atoms with Crippen LogP contribution in [0.4, 0.5) is 11.5 Å². The van der Waals surface area contributed by atoms with Crippen molar-refractivity contribution in [2.24, 2.45) is 0 Å². The average Bonchev–Trinajstić information content (AvgIpc) is 2.85. The van der Waals surface area contributed by atoms with Crippen LogP contribution in [0.1, 0.15) is 23.2 Å². The lowest BCUT2D eigenvalue weighted by Gasteiger charge is -2.09. The van der Waals surface area contributed by atoms with Gasteiger partial charge in [-0.3, -0.25) is 0 Å². The highest BCUT2D eigenvalue weighted by Gasteiger charge is 2.12. The van der Waals surface area contributed by atoms with Gasteiger partial charge in [0.1, 0.15) is 5.82 Å². The minimum absolute atomic E-state index is 0.721. The van der Waals surface area contributed by atoms with Crippen LogP contribution < -0.4 is 11.1 Å². The second-order valence-corrected chi connectivity index (χ2v) is 4.71. The van der Waals surface area contributed by atoms with E-state index in [1.165, 1.54) is 24.1 Å². The first-order valence-electron chi connectivity index (χ1n) is 6.39. The van der Waals surface area contributed by atoms with Crippen molar-refractivity contribution in [1.82, 2.24) is 4.98 Å². The van der Waals surface area contributed by atoms with Gasteiger partial charge in [0.25, 0.3) is 0 Å². The third-order valence-corrected chi connectivity index (χ3v) is 3.44. The zero-order valence-electron chi connectivity index (χ0n) is 10.3. The summed E-state index contributed by atoms with van der Waals surface area (Å²) in [6.07, 6.45) is 3.52. The molecule has 1 heterocycles. The van der Waals surface area contributed by atoms with Gasteiger partial charge in [0.2, 0.25) is 0 Å². The molecule has 0 spiro atoms. The third kappa shape index (κ3) is 2.16. The van der Waals surface area contributed by atoms with Crippen molar-refractivity contribution in [3.05, 3.63) is 53.2 Å². The van der Waals surface area contributed by atoms with Gasteiger partial charge in [-0.25, -0.2) is 4.98 Å². The van der Waals surface area contributed by atoms with E-state index in [9.17, 15) is 0 Å². The van der Waals surface area contributed by atoms with Gasteiger partial charge < -0.3 is 11.1 Å². The standard InChI is InChI=1S/C15H17N3/c16-13-6-2-1-4-12(13)10-17-15-9-8-11-5-3-7-14(11)18-15/h1-2,4,6,8-9H,3,5,7,10,16H2,(H,17,18). The van der Waals surface area contributed by atoms with Crippen LogP contribution in [0.5, 0.6) is 0 Å². The number of fused-ring (bicyclic) bond motifs is 1. The quantitative estimate of drug-likeness (QED) is 0.810. The Morgan fingerprint density at radius 2 is 2.00 bits per heavy atom. The van der Waals surface area contributed by atoms with E-state index >= 15 is 0 Å². The van der Waals surface area contributed by atoms with E-state index in [1.807, 2.05) is 24.3 Å². The van der Waals surface area contributed by atoms with Crippen molar-refractivity contribution >= 4 is 11.5 Å². The largest absolute Gasteiger partial charge is 0.398 e. The van der Waals surface area contributed by atoms with Crippen molar-refractivity contribution in [3.63, 3.8) is 0 Å². The summed E-state index contributed by atoms with van der Waals surface area (Å²) in [5, 5.41) is 3.34. The summed E-state index contributed by atoms with van der Waals surface area (Å²) in [4.78, 5) is 4.65. The molecule has 3 N–H and O–H groups in total. The molecule has 0 atom stereocenters. The second kappa shape index (κ2) is 4.69. The van der Waals surface area contributed by atoms with Gasteiger partial charge in [0.05, 0.1) is 0 Å². The molecule has 1 aliphatic carbocycles. The zero-order valence-corrected chi connectivity index (χ0v) is 10.3. The lowest BCUT2D eigenvalue weighted by molar-refractivity contribution is 0.899. The summed E-state index contributed by atoms with van der Waals surface area (Å²) in [7, 11) is 0. The number of pyridine rings is 1. The highest BCUT2D eigenvalue weighted by molar-refractivity contribution is 5.49. The monoisotopic (exact) mass is 239 g/mol. The Morgan fingerprint density at radius 1 is 1.11 bits per heavy atom. The van der Waals surface area contributed by atoms with Crippen molar-refractivity contribution in [3.8, 4) is 0 Å². The number of rotatable bonds is 3. The maximum Gasteiger partial charge on any atom is 0.126 e. The van der Waals surface area contributed by atoms with Crippen LogP contribution in [-0.2, 0) is 19.4 Å². The first-order valence-corrected chi connectivity index (χ1v) is 6.39. The summed E-state index contributed by atoms with van der Waals surface area (Å²) in [5.41, 5.74) is 10.5. The van der Waals surface area contributed by atoms with Crippen molar-refractivity contribution < 1.29 is 0 Å². The molecule has 0 amide bonds. The third-order valence-electron chi connectivity index (χ3n) is 3.44. The number of anilines is 2. The summed E-state index contributed by atoms with van der Waals surface area (Å²) in [6, 6.07) is 12.2. The van der Waals surface area contributed by atoms with Crippen LogP contribution in [0.15, 0.2) is 36.4 Å². The van der Waals surface area contributed by atoms with Crippen molar-refractivity contribution in [1.29, 1.82) is 0 Å². The summed E-state index contributed by atoms with van der Waals surface area (Å²) in [5.74, 6) is 0.943. The topological polar surface area (TPSA) is 50.9 Å². The average molecular weight is 239 g/mol. The van der Waals surface area contributed by atoms with E-state index in [1.54, 1.807) is 0 Å². The molecule has 0 unspecified atom stereocenters. The van der Waals surface area contributed by atoms with Gasteiger partial charge in [0, 0.05) is 17.9 Å². The van der Waals surface area contributed by atoms with Crippen LogP contribution >= 0.6 is 0 Å². The molecular formula is C15H17N3. The van der Waals surface area contributed by atoms with E-state index < -0.39 is 0 Å². The highest BCUT2D eigenvalue weighted by Crippen LogP contribution is 2.22. The number of aromatic nitrogens is 1. The van der Waals surface area contributed by atoms with Crippen LogP contribution in [0, 0.1) is 0 Å². The maximum absolute atomic E-state index is 5.91. The molecule has 0 saturated heterocycles. The van der Waals surface area contributed by atoms with Crippen LogP contribution in [-0.4, -0.2) is 4.98 Å². The Labute approximate surface area is 107 Å². The molecule has 3 rings (SSSR count). The molecule has 18 heavy (non-hydrogen) atoms. The van der Waals surface area contributed by atoms with E-state index in [-0.39, 0.29) is 0 Å². The van der Waals surface area contributed by atoms with Gasteiger partial charge in [-0.15, -0.1) is 0 Å². The molecular weight excluding hydrogens is 222 g/mol. The number of nitrogen functional groups attached to an aromatic ring is 1. The van der Waals surface area contributed by atoms with Crippen molar-refractivity contribution in [2.45, 2.75) is 25.8 Å². The fraction of sp³-hybridized carbons (Fsp3) is 0.267. The Hall–Kier alpha value is -2.03. The number of nitrogens with zero attached hydrogens (tertiary/aromatic N) is 1. The van der Waals surface area contributed by atoms with Crippen LogP contribution in [0.3, 0.4) is 0 Å². The Morgan fingerprint density at radius 3 is 2.89 bits per heavy atom. The minimum atomic E-state index is 0.721. The molecule has 1 aromatic carbocycles. The van der Waals surface area contributed by atoms with Gasteiger partial charge in [-0.1, -0.05) is 24.3 Å². The lowest BCUT2D eigenvalue weighted by atomic mass is 10.2. The summed E-state index contributed by atoms with van der Waals surface area (Å²) >= 11 is 0. The second-order valence-electron chi connectivity index (χ2n) is 4.71. The Kier molecular flexibility index (Phi) is 2.89. The molecule has 1 aliphatic rings. The smallest absolute Gasteiger partial charge is 0.126 e. The number of benzene rings is 1. The highest BCUT2D eigenvalue weighted by atomic mass is 15.0. The fourth-order valence-corrected chi connectivity index (χ4v) is 2.40. The number of hydrogen-bond donors (Lipinski definition) is 2. The zero-order chi connectivity index (χ0) is 12.4. The molecule has 3 heteroatoms. The van der Waals surface area contributed by atoms with Gasteiger partial charge in [0.15, 0.2) is 0 Å². The number of hydrogen-bond acceptors (Lipinski definition) is 3. The van der Waals surface area contributed by atoms with E-state index in [2.05, 4.69) is 22.4 Å². The normalized spacial score (nSPS) is 13.3. The molecule has 0 radical (unpaired) electrons. The van der Waals surface area contributed by atoms with Gasteiger partial charge >= 0.3 is 0 Å². The molecule has 92 valence electrons. The number of nitrogens with one attached hydrogen (secondary N) is 1. The summed E-state index contributed by atoms with van der Waals surface area (Å²) < 4.78 is 0. The minimum Gasteiger partial charge on any atom is -0.398 e. The molecule has 0 bridgehead atoms. The first-order chi connectivity index (χ1) is 8.83. The number of para-hydroxylation sites is 1. The van der Waals surface area contributed by atoms with Gasteiger partial charge in [-0.2, -0.15) is 0 Å². The lowest BCUT2D eigenvalue weighted by Crippen LogP contribution is -2.05. The Balaban J connectivity index is 1.72. The molecule has 2 aromatic rings. The molecule has 0 aliphatic heterocycles. The Bertz CT molecular complexity index is 563. The predicted molar refractivity (Wildman–Crippen MR) is 74.4 cm³/mol. The van der Waals surface area contributed by atoms with Gasteiger partial charge in [-0.05, 0) is 42.5 Å². The van der Waals surface area contributed by atoms with Crippen LogP contribution in [0.25, 0.3) is 0 Å². The first kappa shape index (κ1) is 11.1. The number of nitrogens with two attached hydrogens (primary N) is 1. The maximum atomic E-state index is 5.91. The molecule has 0 fully saturated rings. The fourth-order valence-electron chi connectivity index (χ4n) is 2.40. The summed E-state index contributed by atoms with van der Waals surface area (Å²) in [6.45, 7) is 0.721. The predicted octanol–water partition coefficient (Wildman–Crippen LogP) is 2.76. The van der Waals surface area contributed by atoms with Crippen molar-refractivity contribution in [2.75, 3.05) is 11.1 Å². The number of aryl methyl sites for hydroxylation is 2.